The van der Waals surface area contributed by atoms with Crippen molar-refractivity contribution in [3.8, 4) is 10.6 Å². The van der Waals surface area contributed by atoms with E-state index in [4.69, 9.17) is 0 Å². The second kappa shape index (κ2) is 8.75. The van der Waals surface area contributed by atoms with Gasteiger partial charge < -0.3 is 10.6 Å². The minimum absolute atomic E-state index is 0.0607. The quantitative estimate of drug-likeness (QED) is 0.632. The maximum atomic E-state index is 13.3. The molecule has 0 bridgehead atoms. The standard InChI is InChI=1S/C21H20FN3O2S/c1-13(2)20(27)24-17-8-6-16(7-9-17)23-19(26)11-18-12-28-21(25-18)14-4-3-5-15(22)10-14/h3-10,12-13H,11H2,1-2H3,(H,23,26)(H,24,27). The molecule has 0 aliphatic carbocycles. The molecule has 0 spiro atoms. The van der Waals surface area contributed by atoms with Crippen molar-refractivity contribution < 1.29 is 14.0 Å². The fourth-order valence-corrected chi connectivity index (χ4v) is 3.25. The van der Waals surface area contributed by atoms with E-state index in [1.807, 2.05) is 13.8 Å². The van der Waals surface area contributed by atoms with Gasteiger partial charge in [-0.15, -0.1) is 11.3 Å². The van der Waals surface area contributed by atoms with Crippen LogP contribution in [0.3, 0.4) is 0 Å². The predicted octanol–water partition coefficient (Wildman–Crippen LogP) is 4.72. The number of rotatable bonds is 6. The van der Waals surface area contributed by atoms with Crippen molar-refractivity contribution in [2.24, 2.45) is 5.92 Å². The predicted molar refractivity (Wildman–Crippen MR) is 110 cm³/mol. The van der Waals surface area contributed by atoms with Gasteiger partial charge in [-0.05, 0) is 36.4 Å². The van der Waals surface area contributed by atoms with Crippen LogP contribution >= 0.6 is 11.3 Å². The Hall–Kier alpha value is -3.06. The maximum absolute atomic E-state index is 13.3. The molecule has 2 N–H and O–H groups in total. The fraction of sp³-hybridized carbons (Fsp3) is 0.190. The third-order valence-corrected chi connectivity index (χ3v) is 4.87. The third-order valence-electron chi connectivity index (χ3n) is 3.93. The van der Waals surface area contributed by atoms with Gasteiger partial charge in [-0.25, -0.2) is 9.37 Å². The minimum atomic E-state index is -0.319. The topological polar surface area (TPSA) is 71.1 Å². The van der Waals surface area contributed by atoms with Crippen molar-refractivity contribution in [2.45, 2.75) is 20.3 Å². The van der Waals surface area contributed by atoms with Crippen LogP contribution in [-0.4, -0.2) is 16.8 Å². The molecular formula is C21H20FN3O2S. The van der Waals surface area contributed by atoms with E-state index in [-0.39, 0.29) is 30.0 Å². The Morgan fingerprint density at radius 2 is 1.75 bits per heavy atom. The fourth-order valence-electron chi connectivity index (χ4n) is 2.44. The van der Waals surface area contributed by atoms with Crippen molar-refractivity contribution in [3.63, 3.8) is 0 Å². The molecule has 28 heavy (non-hydrogen) atoms. The lowest BCUT2D eigenvalue weighted by atomic mass is 10.2. The normalized spacial score (nSPS) is 10.7. The van der Waals surface area contributed by atoms with Crippen LogP contribution in [0, 0.1) is 11.7 Å². The summed E-state index contributed by atoms with van der Waals surface area (Å²) in [5, 5.41) is 8.07. The summed E-state index contributed by atoms with van der Waals surface area (Å²) in [6, 6.07) is 13.1. The van der Waals surface area contributed by atoms with Gasteiger partial charge in [-0.3, -0.25) is 9.59 Å². The van der Waals surface area contributed by atoms with Crippen molar-refractivity contribution in [1.29, 1.82) is 0 Å². The van der Waals surface area contributed by atoms with Gasteiger partial charge >= 0.3 is 0 Å². The summed E-state index contributed by atoms with van der Waals surface area (Å²) < 4.78 is 13.3. The zero-order valence-electron chi connectivity index (χ0n) is 15.5. The summed E-state index contributed by atoms with van der Waals surface area (Å²) in [6.45, 7) is 3.64. The molecule has 0 fully saturated rings. The summed E-state index contributed by atoms with van der Waals surface area (Å²) in [5.41, 5.74) is 2.63. The van der Waals surface area contributed by atoms with E-state index in [1.165, 1.54) is 23.5 Å². The van der Waals surface area contributed by atoms with Crippen LogP contribution in [0.1, 0.15) is 19.5 Å². The number of benzene rings is 2. The number of hydrogen-bond acceptors (Lipinski definition) is 4. The molecule has 0 unspecified atom stereocenters. The van der Waals surface area contributed by atoms with Crippen LogP contribution in [0.25, 0.3) is 10.6 Å². The number of halogens is 1. The summed E-state index contributed by atoms with van der Waals surface area (Å²) in [6.07, 6.45) is 0.123. The maximum Gasteiger partial charge on any atom is 0.230 e. The Balaban J connectivity index is 1.58. The second-order valence-electron chi connectivity index (χ2n) is 6.60. The van der Waals surface area contributed by atoms with Crippen LogP contribution in [0.4, 0.5) is 15.8 Å². The third kappa shape index (κ3) is 5.23. The van der Waals surface area contributed by atoms with Gasteiger partial charge in [0.05, 0.1) is 12.1 Å². The zero-order valence-corrected chi connectivity index (χ0v) is 16.3. The van der Waals surface area contributed by atoms with E-state index >= 15 is 0 Å². The van der Waals surface area contributed by atoms with Gasteiger partial charge in [0, 0.05) is 28.2 Å². The molecule has 0 aliphatic rings. The van der Waals surface area contributed by atoms with Crippen LogP contribution in [0.5, 0.6) is 0 Å². The zero-order chi connectivity index (χ0) is 20.1. The Kier molecular flexibility index (Phi) is 6.16. The SMILES string of the molecule is CC(C)C(=O)Nc1ccc(NC(=O)Cc2csc(-c3cccc(F)c3)n2)cc1. The Bertz CT molecular complexity index is 983. The first-order chi connectivity index (χ1) is 13.4. The van der Waals surface area contributed by atoms with Crippen molar-refractivity contribution in [3.05, 3.63) is 65.4 Å². The van der Waals surface area contributed by atoms with E-state index < -0.39 is 0 Å². The Labute approximate surface area is 166 Å². The molecule has 2 amide bonds. The van der Waals surface area contributed by atoms with Gasteiger partial charge in [-0.2, -0.15) is 0 Å². The lowest BCUT2D eigenvalue weighted by molar-refractivity contribution is -0.119. The monoisotopic (exact) mass is 397 g/mol. The van der Waals surface area contributed by atoms with Crippen molar-refractivity contribution in [1.82, 2.24) is 4.98 Å². The smallest absolute Gasteiger partial charge is 0.230 e. The number of carbonyl (C=O) groups excluding carboxylic acids is 2. The molecule has 1 aromatic heterocycles. The average molecular weight is 397 g/mol. The number of amides is 2. The van der Waals surface area contributed by atoms with Gasteiger partial charge in [0.15, 0.2) is 0 Å². The highest BCUT2D eigenvalue weighted by Crippen LogP contribution is 2.24. The summed E-state index contributed by atoms with van der Waals surface area (Å²) in [7, 11) is 0. The molecule has 144 valence electrons. The summed E-state index contributed by atoms with van der Waals surface area (Å²) >= 11 is 1.37. The van der Waals surface area contributed by atoms with E-state index in [0.29, 0.717) is 27.6 Å². The molecule has 3 aromatic rings. The number of hydrogen-bond donors (Lipinski definition) is 2. The highest BCUT2D eigenvalue weighted by atomic mass is 32.1. The first-order valence-corrected chi connectivity index (χ1v) is 9.70. The molecular weight excluding hydrogens is 377 g/mol. The molecule has 1 heterocycles. The lowest BCUT2D eigenvalue weighted by Crippen LogP contribution is -2.18. The molecule has 0 aliphatic heterocycles. The number of anilines is 2. The number of nitrogens with zero attached hydrogens (tertiary/aromatic N) is 1. The molecule has 0 saturated carbocycles. The van der Waals surface area contributed by atoms with E-state index in [9.17, 15) is 14.0 Å². The van der Waals surface area contributed by atoms with E-state index in [1.54, 1.807) is 41.8 Å². The largest absolute Gasteiger partial charge is 0.326 e. The minimum Gasteiger partial charge on any atom is -0.326 e. The molecule has 7 heteroatoms. The molecule has 3 rings (SSSR count). The average Bonchev–Trinajstić information content (AvgIpc) is 3.11. The van der Waals surface area contributed by atoms with Crippen LogP contribution < -0.4 is 10.6 Å². The van der Waals surface area contributed by atoms with Crippen LogP contribution in [-0.2, 0) is 16.0 Å². The second-order valence-corrected chi connectivity index (χ2v) is 7.46. The molecule has 0 saturated heterocycles. The molecule has 0 atom stereocenters. The van der Waals surface area contributed by atoms with Gasteiger partial charge in [-0.1, -0.05) is 26.0 Å². The first-order valence-electron chi connectivity index (χ1n) is 8.82. The number of thiazole rings is 1. The molecule has 0 radical (unpaired) electrons. The number of carbonyl (C=O) groups is 2. The van der Waals surface area contributed by atoms with Crippen molar-refractivity contribution in [2.75, 3.05) is 10.6 Å². The van der Waals surface area contributed by atoms with E-state index in [2.05, 4.69) is 15.6 Å². The Morgan fingerprint density at radius 3 is 2.39 bits per heavy atom. The van der Waals surface area contributed by atoms with Gasteiger partial charge in [0.2, 0.25) is 11.8 Å². The number of nitrogens with one attached hydrogen (secondary N) is 2. The van der Waals surface area contributed by atoms with Crippen molar-refractivity contribution >= 4 is 34.5 Å². The number of aromatic nitrogens is 1. The first kappa shape index (κ1) is 19.7. The Morgan fingerprint density at radius 1 is 1.07 bits per heavy atom. The lowest BCUT2D eigenvalue weighted by Gasteiger charge is -2.09. The van der Waals surface area contributed by atoms with Crippen LogP contribution in [0.15, 0.2) is 53.9 Å². The molecule has 5 nitrogen and oxygen atoms in total. The molecule has 2 aromatic carbocycles. The van der Waals surface area contributed by atoms with Gasteiger partial charge in [0.25, 0.3) is 0 Å². The summed E-state index contributed by atoms with van der Waals surface area (Å²) in [5.74, 6) is -0.681. The van der Waals surface area contributed by atoms with Crippen LogP contribution in [0.2, 0.25) is 0 Å². The highest BCUT2D eigenvalue weighted by molar-refractivity contribution is 7.13. The van der Waals surface area contributed by atoms with E-state index in [0.717, 1.165) is 0 Å². The van der Waals surface area contributed by atoms with Gasteiger partial charge in [0.1, 0.15) is 10.8 Å². The highest BCUT2D eigenvalue weighted by Gasteiger charge is 2.11. The summed E-state index contributed by atoms with van der Waals surface area (Å²) in [4.78, 5) is 28.4.